The Balaban J connectivity index is -0.0000000575. The van der Waals surface area contributed by atoms with Crippen LogP contribution in [-0.2, 0) is 25.7 Å². The van der Waals surface area contributed by atoms with Gasteiger partial charge in [-0.05, 0) is 11.0 Å². The Kier molecular flexibility index (Phi) is 51.4. The van der Waals surface area contributed by atoms with E-state index in [9.17, 15) is 0 Å². The quantitative estimate of drug-likeness (QED) is 0.431. The van der Waals surface area contributed by atoms with E-state index in [2.05, 4.69) is 0 Å². The number of hydrogen-bond acceptors (Lipinski definition) is 4. The van der Waals surface area contributed by atoms with Crippen LogP contribution in [0.2, 0.25) is 0 Å². The molecule has 49 valence electrons. The van der Waals surface area contributed by atoms with Crippen LogP contribution in [0.5, 0.6) is 0 Å². The number of rotatable bonds is 1. The SMILES string of the molecule is OCCO.[O]=[Ti]=[O].[SiH3]. The Bertz CT molecular complexity index is 50.0. The van der Waals surface area contributed by atoms with Gasteiger partial charge in [0.1, 0.15) is 0 Å². The molecule has 0 bridgehead atoms. The van der Waals surface area contributed by atoms with Gasteiger partial charge in [-0.1, -0.05) is 0 Å². The summed E-state index contributed by atoms with van der Waals surface area (Å²) in [5.41, 5.74) is 0. The van der Waals surface area contributed by atoms with Crippen molar-refractivity contribution in [2.24, 2.45) is 0 Å². The van der Waals surface area contributed by atoms with E-state index in [1.165, 1.54) is 0 Å². The summed E-state index contributed by atoms with van der Waals surface area (Å²) in [6, 6.07) is 0. The summed E-state index contributed by atoms with van der Waals surface area (Å²) in [7, 11) is 0. The Morgan fingerprint density at radius 3 is 1.25 bits per heavy atom. The molecule has 0 amide bonds. The predicted molar refractivity (Wildman–Crippen MR) is 25.5 cm³/mol. The van der Waals surface area contributed by atoms with Gasteiger partial charge in [0, 0.05) is 0 Å². The van der Waals surface area contributed by atoms with E-state index < -0.39 is 19.1 Å². The Morgan fingerprint density at radius 2 is 1.25 bits per heavy atom. The first kappa shape index (κ1) is 15.8. The molecule has 0 aromatic carbocycles. The second-order valence-electron chi connectivity index (χ2n) is 0.531. The minimum atomic E-state index is -2.00. The average Bonchev–Trinajstić information content (AvgIpc) is 1.69. The Labute approximate surface area is 60.5 Å². The zero-order chi connectivity index (χ0) is 6.12. The van der Waals surface area contributed by atoms with Gasteiger partial charge in [0.2, 0.25) is 0 Å². The van der Waals surface area contributed by atoms with Crippen LogP contribution in [0.3, 0.4) is 0 Å². The molecule has 0 saturated carbocycles. The van der Waals surface area contributed by atoms with Gasteiger partial charge in [0.25, 0.3) is 0 Å². The van der Waals surface area contributed by atoms with Gasteiger partial charge in [-0.25, -0.2) is 0 Å². The van der Waals surface area contributed by atoms with E-state index in [1.807, 2.05) is 0 Å². The molecular formula is C2H9O4SiTi. The van der Waals surface area contributed by atoms with Crippen molar-refractivity contribution in [2.75, 3.05) is 13.2 Å². The van der Waals surface area contributed by atoms with E-state index in [0.29, 0.717) is 0 Å². The van der Waals surface area contributed by atoms with Gasteiger partial charge in [0.05, 0.1) is 13.2 Å². The summed E-state index contributed by atoms with van der Waals surface area (Å²) in [4.78, 5) is 0. The van der Waals surface area contributed by atoms with E-state index in [1.54, 1.807) is 0 Å². The molecule has 0 unspecified atom stereocenters. The first-order valence-corrected chi connectivity index (χ1v) is 2.82. The van der Waals surface area contributed by atoms with Gasteiger partial charge in [-0.15, -0.1) is 0 Å². The molecule has 0 rings (SSSR count). The average molecular weight is 173 g/mol. The van der Waals surface area contributed by atoms with Crippen LogP contribution in [0.1, 0.15) is 0 Å². The predicted octanol–water partition coefficient (Wildman–Crippen LogP) is -2.45. The van der Waals surface area contributed by atoms with Crippen molar-refractivity contribution < 1.29 is 36.0 Å². The first-order chi connectivity index (χ1) is 3.33. The number of hydrogen-bond donors (Lipinski definition) is 2. The van der Waals surface area contributed by atoms with Crippen molar-refractivity contribution in [1.29, 1.82) is 0 Å². The summed E-state index contributed by atoms with van der Waals surface area (Å²) < 4.78 is 17.0. The zero-order valence-corrected chi connectivity index (χ0v) is 8.19. The molecule has 1 radical (unpaired) electrons. The molecule has 0 aromatic rings. The molecule has 6 heteroatoms. The topological polar surface area (TPSA) is 74.6 Å². The Hall–Kier alpha value is 0.451. The fourth-order valence-corrected chi connectivity index (χ4v) is 0. The first-order valence-electron chi connectivity index (χ1n) is 1.54. The fourth-order valence-electron chi connectivity index (χ4n) is 0. The molecule has 0 aliphatic carbocycles. The van der Waals surface area contributed by atoms with Gasteiger partial charge in [-0.3, -0.25) is 0 Å². The second kappa shape index (κ2) is 26.0. The fraction of sp³-hybridized carbons (Fsp3) is 1.00. The molecule has 8 heavy (non-hydrogen) atoms. The molecule has 0 aromatic heterocycles. The van der Waals surface area contributed by atoms with Gasteiger partial charge in [-0.2, -0.15) is 0 Å². The number of aliphatic hydroxyl groups excluding tert-OH is 2. The van der Waals surface area contributed by atoms with Crippen LogP contribution in [0, 0.1) is 0 Å². The second-order valence-corrected chi connectivity index (χ2v) is 0.791. The molecule has 0 aliphatic heterocycles. The summed E-state index contributed by atoms with van der Waals surface area (Å²) >= 11 is -2.00. The minimum absolute atomic E-state index is 0. The third-order valence-electron chi connectivity index (χ3n) is 0.1000. The van der Waals surface area contributed by atoms with Crippen molar-refractivity contribution in [1.82, 2.24) is 0 Å². The minimum Gasteiger partial charge on any atom is -0.0125 e. The summed E-state index contributed by atoms with van der Waals surface area (Å²) in [6.45, 7) is -0.250. The molecule has 0 saturated heterocycles. The van der Waals surface area contributed by atoms with E-state index in [-0.39, 0.29) is 24.2 Å². The van der Waals surface area contributed by atoms with Crippen molar-refractivity contribution in [3.05, 3.63) is 0 Å². The molecule has 0 atom stereocenters. The van der Waals surface area contributed by atoms with Crippen molar-refractivity contribution in [3.8, 4) is 0 Å². The van der Waals surface area contributed by atoms with Crippen molar-refractivity contribution in [2.45, 2.75) is 0 Å². The van der Waals surface area contributed by atoms with Crippen LogP contribution >= 0.6 is 0 Å². The number of aliphatic hydroxyl groups is 2. The molecule has 0 fully saturated rings. The van der Waals surface area contributed by atoms with Crippen molar-refractivity contribution >= 4 is 11.0 Å². The molecule has 0 aliphatic rings. The van der Waals surface area contributed by atoms with Crippen LogP contribution in [0.15, 0.2) is 0 Å². The smallest absolute Gasteiger partial charge is 0.0125 e. The third kappa shape index (κ3) is 91.0. The monoisotopic (exact) mass is 173 g/mol. The van der Waals surface area contributed by atoms with Crippen LogP contribution in [-0.4, -0.2) is 34.4 Å². The molecule has 4 nitrogen and oxygen atoms in total. The van der Waals surface area contributed by atoms with Gasteiger partial charge >= 0.3 is 25.7 Å². The third-order valence-corrected chi connectivity index (χ3v) is 0.1000. The Morgan fingerprint density at radius 1 is 1.12 bits per heavy atom. The maximum absolute atomic E-state index is 8.50. The van der Waals surface area contributed by atoms with E-state index in [4.69, 9.17) is 16.9 Å². The maximum Gasteiger partial charge on any atom is -0.0125 e. The van der Waals surface area contributed by atoms with E-state index >= 15 is 0 Å². The maximum atomic E-state index is 8.50. The normalized spacial score (nSPS) is 4.75. The zero-order valence-electron chi connectivity index (χ0n) is 4.63. The largest absolute Gasteiger partial charge is 0.0125 e. The summed E-state index contributed by atoms with van der Waals surface area (Å²) in [5.74, 6) is 0. The van der Waals surface area contributed by atoms with Crippen LogP contribution < -0.4 is 0 Å². The standard InChI is InChI=1S/C2H6O2.2O.H3Si.Ti/c3-1-2-4;;;;/h3-4H,1-2H2;;;1H3;. The molecule has 2 N–H and O–H groups in total. The van der Waals surface area contributed by atoms with Crippen LogP contribution in [0.25, 0.3) is 0 Å². The molecule has 0 spiro atoms. The van der Waals surface area contributed by atoms with Gasteiger partial charge < -0.3 is 10.2 Å². The molecular weight excluding hydrogens is 164 g/mol. The molecule has 0 heterocycles. The summed E-state index contributed by atoms with van der Waals surface area (Å²) in [5, 5.41) is 15.2. The summed E-state index contributed by atoms with van der Waals surface area (Å²) in [6.07, 6.45) is 0. The van der Waals surface area contributed by atoms with Gasteiger partial charge in [0.15, 0.2) is 0 Å². The van der Waals surface area contributed by atoms with Crippen LogP contribution in [0.4, 0.5) is 0 Å². The van der Waals surface area contributed by atoms with E-state index in [0.717, 1.165) is 0 Å². The van der Waals surface area contributed by atoms with Crippen molar-refractivity contribution in [3.63, 3.8) is 0 Å².